The Bertz CT molecular complexity index is 700. The molecule has 3 aliphatic heterocycles. The fourth-order valence-electron chi connectivity index (χ4n) is 5.16. The second-order valence-electron chi connectivity index (χ2n) is 8.03. The molecule has 3 aliphatic rings. The number of likely N-dealkylation sites (tertiary alicyclic amines) is 1. The lowest BCUT2D eigenvalue weighted by Crippen LogP contribution is -2.42. The molecule has 0 radical (unpaired) electrons. The predicted molar refractivity (Wildman–Crippen MR) is 102 cm³/mol. The van der Waals surface area contributed by atoms with E-state index in [1.807, 2.05) is 25.3 Å². The Labute approximate surface area is 158 Å². The largest absolute Gasteiger partial charge is 0.370 e. The molecule has 0 saturated carbocycles. The summed E-state index contributed by atoms with van der Waals surface area (Å²) >= 11 is 1.54. The molecule has 0 aliphatic carbocycles. The van der Waals surface area contributed by atoms with Gasteiger partial charge < -0.3 is 10.1 Å². The molecule has 4 atom stereocenters. The molecule has 4 rings (SSSR count). The summed E-state index contributed by atoms with van der Waals surface area (Å²) in [6.45, 7) is 5.12. The quantitative estimate of drug-likeness (QED) is 0.826. The van der Waals surface area contributed by atoms with Crippen molar-refractivity contribution in [3.8, 4) is 0 Å². The number of thioether (sulfide) groups is 1. The highest BCUT2D eigenvalue weighted by Gasteiger charge is 2.62. The number of hydrogen-bond donors (Lipinski definition) is 1. The van der Waals surface area contributed by atoms with Crippen molar-refractivity contribution in [3.05, 3.63) is 35.1 Å². The summed E-state index contributed by atoms with van der Waals surface area (Å²) in [6, 6.07) is 5.32. The average Bonchev–Trinajstić information content (AvgIpc) is 3.24. The Morgan fingerprint density at radius 2 is 2.35 bits per heavy atom. The van der Waals surface area contributed by atoms with Crippen molar-refractivity contribution >= 4 is 17.7 Å². The van der Waals surface area contributed by atoms with Crippen LogP contribution in [0.15, 0.2) is 18.2 Å². The topological polar surface area (TPSA) is 41.6 Å². The van der Waals surface area contributed by atoms with E-state index in [1.54, 1.807) is 17.8 Å². The van der Waals surface area contributed by atoms with Gasteiger partial charge in [0.2, 0.25) is 5.91 Å². The number of fused-ring (bicyclic) bond motifs is 1. The lowest BCUT2D eigenvalue weighted by molar-refractivity contribution is -0.118. The van der Waals surface area contributed by atoms with E-state index in [0.29, 0.717) is 30.7 Å². The number of hydrogen-bond acceptors (Lipinski definition) is 4. The van der Waals surface area contributed by atoms with E-state index in [9.17, 15) is 9.18 Å². The number of nitrogens with zero attached hydrogens (tertiary/aromatic N) is 1. The highest BCUT2D eigenvalue weighted by atomic mass is 32.2. The maximum absolute atomic E-state index is 14.2. The highest BCUT2D eigenvalue weighted by Crippen LogP contribution is 2.54. The minimum Gasteiger partial charge on any atom is -0.370 e. The minimum absolute atomic E-state index is 0.0835. The molecule has 3 fully saturated rings. The fourth-order valence-corrected chi connectivity index (χ4v) is 5.52. The van der Waals surface area contributed by atoms with Crippen LogP contribution in [0.25, 0.3) is 0 Å². The molecule has 1 spiro atoms. The van der Waals surface area contributed by atoms with Crippen molar-refractivity contribution < 1.29 is 13.9 Å². The van der Waals surface area contributed by atoms with Gasteiger partial charge in [0.1, 0.15) is 5.82 Å². The third-order valence-electron chi connectivity index (χ3n) is 6.26. The number of benzene rings is 1. The molecule has 4 nitrogen and oxygen atoms in total. The van der Waals surface area contributed by atoms with Gasteiger partial charge in [-0.3, -0.25) is 9.69 Å². The van der Waals surface area contributed by atoms with E-state index in [4.69, 9.17) is 4.74 Å². The first-order chi connectivity index (χ1) is 12.5. The van der Waals surface area contributed by atoms with E-state index in [2.05, 4.69) is 10.2 Å². The van der Waals surface area contributed by atoms with E-state index in [1.165, 1.54) is 0 Å². The molecule has 2 bridgehead atoms. The summed E-state index contributed by atoms with van der Waals surface area (Å²) in [7, 11) is 0. The number of halogens is 1. The first-order valence-electron chi connectivity index (χ1n) is 9.41. The van der Waals surface area contributed by atoms with E-state index < -0.39 is 0 Å². The summed E-state index contributed by atoms with van der Waals surface area (Å²) in [5, 5.41) is 3.08. The number of amides is 1. The van der Waals surface area contributed by atoms with Gasteiger partial charge in [-0.25, -0.2) is 4.39 Å². The second kappa shape index (κ2) is 7.13. The van der Waals surface area contributed by atoms with Crippen LogP contribution in [-0.4, -0.2) is 54.2 Å². The van der Waals surface area contributed by atoms with Crippen molar-refractivity contribution in [2.45, 2.75) is 38.0 Å². The maximum atomic E-state index is 14.2. The van der Waals surface area contributed by atoms with E-state index in [0.717, 1.165) is 37.1 Å². The Balaban J connectivity index is 1.43. The fraction of sp³-hybridized carbons (Fsp3) is 0.650. The van der Waals surface area contributed by atoms with Crippen LogP contribution in [-0.2, 0) is 16.1 Å². The monoisotopic (exact) mass is 378 g/mol. The normalized spacial score (nSPS) is 32.8. The van der Waals surface area contributed by atoms with Crippen LogP contribution < -0.4 is 5.32 Å². The van der Waals surface area contributed by atoms with Gasteiger partial charge in [-0.1, -0.05) is 17.7 Å². The van der Waals surface area contributed by atoms with Gasteiger partial charge in [-0.05, 0) is 32.1 Å². The molecule has 26 heavy (non-hydrogen) atoms. The van der Waals surface area contributed by atoms with E-state index in [-0.39, 0.29) is 23.4 Å². The first kappa shape index (κ1) is 18.3. The van der Waals surface area contributed by atoms with Crippen LogP contribution in [0.5, 0.6) is 0 Å². The minimum atomic E-state index is -0.128. The van der Waals surface area contributed by atoms with Crippen molar-refractivity contribution in [1.29, 1.82) is 0 Å². The van der Waals surface area contributed by atoms with Crippen LogP contribution >= 0.6 is 11.8 Å². The third-order valence-corrected chi connectivity index (χ3v) is 6.81. The standard InChI is InChI=1S/C20H27FN2O2S/c1-13-3-4-17(21)14(7-13)9-23-10-16-15(8-22-19(24)11-26-2)18-5-6-20(16,12-23)25-18/h3-4,7,15-16,18H,5-6,8-12H2,1-2H3,(H,22,24)/t15-,16+,18+,20+/m0/s1. The predicted octanol–water partition coefficient (Wildman–Crippen LogP) is 2.59. The number of rotatable bonds is 6. The van der Waals surface area contributed by atoms with Gasteiger partial charge in [0.15, 0.2) is 0 Å². The smallest absolute Gasteiger partial charge is 0.229 e. The number of carbonyl (C=O) groups excluding carboxylic acids is 1. The summed E-state index contributed by atoms with van der Waals surface area (Å²) in [5.74, 6) is 1.29. The average molecular weight is 379 g/mol. The van der Waals surface area contributed by atoms with Gasteiger partial charge in [0, 0.05) is 43.6 Å². The van der Waals surface area contributed by atoms with Crippen LogP contribution in [0.4, 0.5) is 4.39 Å². The molecule has 1 aromatic carbocycles. The van der Waals surface area contributed by atoms with Gasteiger partial charge in [-0.2, -0.15) is 11.8 Å². The molecule has 1 amide bonds. The molecule has 0 unspecified atom stereocenters. The maximum Gasteiger partial charge on any atom is 0.229 e. The molecule has 0 aromatic heterocycles. The molecule has 3 heterocycles. The summed E-state index contributed by atoms with van der Waals surface area (Å²) in [6.07, 6.45) is 4.37. The number of carbonyl (C=O) groups is 1. The molecule has 3 saturated heterocycles. The number of ether oxygens (including phenoxy) is 1. The summed E-state index contributed by atoms with van der Waals surface area (Å²) in [5.41, 5.74) is 1.77. The third kappa shape index (κ3) is 3.27. The Kier molecular flexibility index (Phi) is 5.01. The molecule has 1 aromatic rings. The van der Waals surface area contributed by atoms with Crippen LogP contribution in [0, 0.1) is 24.6 Å². The van der Waals surface area contributed by atoms with Gasteiger partial charge in [-0.15, -0.1) is 0 Å². The zero-order valence-electron chi connectivity index (χ0n) is 15.5. The lowest BCUT2D eigenvalue weighted by atomic mass is 9.73. The summed E-state index contributed by atoms with van der Waals surface area (Å²) < 4.78 is 20.6. The zero-order valence-corrected chi connectivity index (χ0v) is 16.3. The van der Waals surface area contributed by atoms with Gasteiger partial charge in [0.05, 0.1) is 17.5 Å². The first-order valence-corrected chi connectivity index (χ1v) is 10.8. The lowest BCUT2D eigenvalue weighted by Gasteiger charge is -2.29. The second-order valence-corrected chi connectivity index (χ2v) is 8.90. The Hall–Kier alpha value is -1.11. The van der Waals surface area contributed by atoms with Crippen molar-refractivity contribution in [2.24, 2.45) is 11.8 Å². The van der Waals surface area contributed by atoms with Gasteiger partial charge >= 0.3 is 0 Å². The zero-order chi connectivity index (χ0) is 18.3. The SMILES string of the molecule is CSCC(=O)NC[C@H]1[C@H]2CN(Cc3cc(C)ccc3F)C[C@]23CC[C@H]1O3. The number of nitrogens with one attached hydrogen (secondary N) is 1. The number of aryl methyl sites for hydroxylation is 1. The molecular formula is C20H27FN2O2S. The Morgan fingerprint density at radius 3 is 3.15 bits per heavy atom. The van der Waals surface area contributed by atoms with Crippen molar-refractivity contribution in [2.75, 3.05) is 31.6 Å². The van der Waals surface area contributed by atoms with Crippen LogP contribution in [0.2, 0.25) is 0 Å². The van der Waals surface area contributed by atoms with Crippen molar-refractivity contribution in [1.82, 2.24) is 10.2 Å². The van der Waals surface area contributed by atoms with Crippen molar-refractivity contribution in [3.63, 3.8) is 0 Å². The van der Waals surface area contributed by atoms with Gasteiger partial charge in [0.25, 0.3) is 0 Å². The molecular weight excluding hydrogens is 351 g/mol. The molecule has 1 N–H and O–H groups in total. The molecule has 142 valence electrons. The highest BCUT2D eigenvalue weighted by molar-refractivity contribution is 7.99. The summed E-state index contributed by atoms with van der Waals surface area (Å²) in [4.78, 5) is 14.2. The van der Waals surface area contributed by atoms with Crippen LogP contribution in [0.3, 0.4) is 0 Å². The molecule has 6 heteroatoms. The van der Waals surface area contributed by atoms with Crippen LogP contribution in [0.1, 0.15) is 24.0 Å². The Morgan fingerprint density at radius 1 is 1.50 bits per heavy atom. The van der Waals surface area contributed by atoms with E-state index >= 15 is 0 Å².